The highest BCUT2D eigenvalue weighted by Crippen LogP contribution is 2.19. The molecule has 0 saturated carbocycles. The Balaban J connectivity index is 3.03. The van der Waals surface area contributed by atoms with Crippen molar-refractivity contribution in [3.05, 3.63) is 35.1 Å². The van der Waals surface area contributed by atoms with Gasteiger partial charge in [0.05, 0.1) is 12.6 Å². The molecule has 0 fully saturated rings. The third kappa shape index (κ3) is 2.68. The van der Waals surface area contributed by atoms with E-state index in [0.29, 0.717) is 0 Å². The van der Waals surface area contributed by atoms with E-state index in [1.807, 2.05) is 0 Å². The van der Waals surface area contributed by atoms with Gasteiger partial charge in [0.1, 0.15) is 0 Å². The van der Waals surface area contributed by atoms with E-state index in [9.17, 15) is 13.2 Å². The summed E-state index contributed by atoms with van der Waals surface area (Å²) in [7, 11) is 1.42. The molecule has 84 valence electrons. The second kappa shape index (κ2) is 5.11. The van der Waals surface area contributed by atoms with Crippen molar-refractivity contribution in [2.75, 3.05) is 13.7 Å². The summed E-state index contributed by atoms with van der Waals surface area (Å²) in [5.74, 6) is 1.17. The van der Waals surface area contributed by atoms with E-state index in [2.05, 4.69) is 5.43 Å². The molecule has 0 radical (unpaired) electrons. The number of halogens is 3. The topological polar surface area (TPSA) is 47.3 Å². The number of nitrogens with two attached hydrogens (primary N) is 1. The van der Waals surface area contributed by atoms with Crippen molar-refractivity contribution in [3.63, 3.8) is 0 Å². The summed E-state index contributed by atoms with van der Waals surface area (Å²) in [4.78, 5) is 0. The summed E-state index contributed by atoms with van der Waals surface area (Å²) in [5, 5.41) is 0. The predicted molar refractivity (Wildman–Crippen MR) is 48.3 cm³/mol. The van der Waals surface area contributed by atoms with Crippen LogP contribution in [0.1, 0.15) is 11.6 Å². The van der Waals surface area contributed by atoms with Crippen molar-refractivity contribution < 1.29 is 17.9 Å². The highest BCUT2D eigenvalue weighted by atomic mass is 19.2. The molecule has 0 aliphatic heterocycles. The van der Waals surface area contributed by atoms with Gasteiger partial charge >= 0.3 is 0 Å². The Morgan fingerprint density at radius 2 is 1.87 bits per heavy atom. The van der Waals surface area contributed by atoms with Crippen molar-refractivity contribution in [1.82, 2.24) is 5.43 Å². The summed E-state index contributed by atoms with van der Waals surface area (Å²) >= 11 is 0. The summed E-state index contributed by atoms with van der Waals surface area (Å²) in [6, 6.07) is 1.17. The summed E-state index contributed by atoms with van der Waals surface area (Å²) in [5.41, 5.74) is 2.50. The lowest BCUT2D eigenvalue weighted by Crippen LogP contribution is -2.31. The van der Waals surface area contributed by atoms with E-state index in [1.165, 1.54) is 7.11 Å². The lowest BCUT2D eigenvalue weighted by atomic mass is 10.1. The third-order valence-corrected chi connectivity index (χ3v) is 1.94. The molecule has 0 amide bonds. The maximum atomic E-state index is 12.9. The number of hydrogen-bond acceptors (Lipinski definition) is 3. The van der Waals surface area contributed by atoms with E-state index in [0.717, 1.165) is 12.1 Å². The second-order valence-electron chi connectivity index (χ2n) is 2.97. The van der Waals surface area contributed by atoms with Crippen LogP contribution in [-0.2, 0) is 4.74 Å². The third-order valence-electron chi connectivity index (χ3n) is 1.94. The molecule has 3 nitrogen and oxygen atoms in total. The van der Waals surface area contributed by atoms with Gasteiger partial charge in [-0.3, -0.25) is 11.3 Å². The Morgan fingerprint density at radius 1 is 1.33 bits per heavy atom. The minimum Gasteiger partial charge on any atom is -0.383 e. The van der Waals surface area contributed by atoms with E-state index in [1.54, 1.807) is 0 Å². The largest absolute Gasteiger partial charge is 0.383 e. The molecule has 3 N–H and O–H groups in total. The first-order chi connectivity index (χ1) is 7.10. The van der Waals surface area contributed by atoms with Crippen LogP contribution >= 0.6 is 0 Å². The molecule has 6 heteroatoms. The van der Waals surface area contributed by atoms with E-state index < -0.39 is 23.5 Å². The van der Waals surface area contributed by atoms with Crippen LogP contribution in [0.5, 0.6) is 0 Å². The molecule has 0 saturated heterocycles. The Kier molecular flexibility index (Phi) is 4.07. The smallest absolute Gasteiger partial charge is 0.194 e. The number of methoxy groups -OCH3 is 1. The molecule has 15 heavy (non-hydrogen) atoms. The quantitative estimate of drug-likeness (QED) is 0.456. The molecule has 1 rings (SSSR count). The Bertz CT molecular complexity index is 323. The maximum absolute atomic E-state index is 12.9. The monoisotopic (exact) mass is 220 g/mol. The molecule has 0 heterocycles. The van der Waals surface area contributed by atoms with Gasteiger partial charge in [0.15, 0.2) is 17.5 Å². The highest BCUT2D eigenvalue weighted by Gasteiger charge is 2.16. The van der Waals surface area contributed by atoms with Gasteiger partial charge in [-0.05, 0) is 17.7 Å². The zero-order valence-corrected chi connectivity index (χ0v) is 8.06. The first kappa shape index (κ1) is 12.0. The lowest BCUT2D eigenvalue weighted by Gasteiger charge is -2.15. The summed E-state index contributed by atoms with van der Waals surface area (Å²) in [6.07, 6.45) is 0. The minimum atomic E-state index is -1.49. The van der Waals surface area contributed by atoms with Crippen LogP contribution in [0, 0.1) is 17.5 Å². The van der Waals surface area contributed by atoms with Gasteiger partial charge in [-0.2, -0.15) is 0 Å². The normalized spacial score (nSPS) is 12.9. The van der Waals surface area contributed by atoms with Crippen molar-refractivity contribution in [2.24, 2.45) is 5.84 Å². The van der Waals surface area contributed by atoms with E-state index in [-0.39, 0.29) is 12.2 Å². The van der Waals surface area contributed by atoms with Crippen LogP contribution in [0.2, 0.25) is 0 Å². The first-order valence-electron chi connectivity index (χ1n) is 4.19. The number of hydrazine groups is 1. The van der Waals surface area contributed by atoms with Gasteiger partial charge in [0.2, 0.25) is 0 Å². The Morgan fingerprint density at radius 3 is 2.27 bits per heavy atom. The molecule has 0 aromatic heterocycles. The summed E-state index contributed by atoms with van der Waals surface area (Å²) < 4.78 is 43.1. The molecule has 0 aliphatic carbocycles. The highest BCUT2D eigenvalue weighted by molar-refractivity contribution is 5.22. The fraction of sp³-hybridized carbons (Fsp3) is 0.333. The van der Waals surface area contributed by atoms with Crippen molar-refractivity contribution in [1.29, 1.82) is 0 Å². The minimum absolute atomic E-state index is 0.126. The lowest BCUT2D eigenvalue weighted by molar-refractivity contribution is 0.167. The van der Waals surface area contributed by atoms with Crippen LogP contribution in [0.4, 0.5) is 13.2 Å². The predicted octanol–water partition coefficient (Wildman–Crippen LogP) is 1.25. The van der Waals surface area contributed by atoms with Gasteiger partial charge in [0, 0.05) is 7.11 Å². The Hall–Kier alpha value is -1.11. The van der Waals surface area contributed by atoms with Crippen molar-refractivity contribution in [2.45, 2.75) is 6.04 Å². The number of hydrogen-bond donors (Lipinski definition) is 2. The van der Waals surface area contributed by atoms with Gasteiger partial charge in [-0.15, -0.1) is 0 Å². The van der Waals surface area contributed by atoms with Crippen molar-refractivity contribution in [3.8, 4) is 0 Å². The van der Waals surface area contributed by atoms with Crippen LogP contribution in [0.15, 0.2) is 12.1 Å². The molecule has 0 aliphatic rings. The van der Waals surface area contributed by atoms with Gasteiger partial charge < -0.3 is 4.74 Å². The maximum Gasteiger partial charge on any atom is 0.194 e. The average molecular weight is 220 g/mol. The van der Waals surface area contributed by atoms with Gasteiger partial charge in [0.25, 0.3) is 0 Å². The van der Waals surface area contributed by atoms with Crippen LogP contribution in [-0.4, -0.2) is 13.7 Å². The van der Waals surface area contributed by atoms with Crippen LogP contribution < -0.4 is 11.3 Å². The van der Waals surface area contributed by atoms with Crippen LogP contribution in [0.25, 0.3) is 0 Å². The molecule has 1 unspecified atom stereocenters. The number of ether oxygens (including phenoxy) is 1. The van der Waals surface area contributed by atoms with Gasteiger partial charge in [-0.1, -0.05) is 0 Å². The first-order valence-corrected chi connectivity index (χ1v) is 4.19. The fourth-order valence-corrected chi connectivity index (χ4v) is 1.18. The van der Waals surface area contributed by atoms with Gasteiger partial charge in [-0.25, -0.2) is 13.2 Å². The second-order valence-corrected chi connectivity index (χ2v) is 2.97. The SMILES string of the molecule is COCC(NN)c1cc(F)c(F)c(F)c1. The molecule has 1 aromatic carbocycles. The molecule has 1 aromatic rings. The zero-order chi connectivity index (χ0) is 11.4. The standard InChI is InChI=1S/C9H11F3N2O/c1-15-4-8(14-13)5-2-6(10)9(12)7(11)3-5/h2-3,8,14H,4,13H2,1H3. The number of nitrogens with one attached hydrogen (secondary N) is 1. The van der Waals surface area contributed by atoms with Crippen molar-refractivity contribution >= 4 is 0 Å². The molecule has 0 bridgehead atoms. The molecular formula is C9H11F3N2O. The van der Waals surface area contributed by atoms with Crippen LogP contribution in [0.3, 0.4) is 0 Å². The molecular weight excluding hydrogens is 209 g/mol. The molecule has 1 atom stereocenters. The average Bonchev–Trinajstić information content (AvgIpc) is 2.22. The Labute approximate surface area is 85.0 Å². The summed E-state index contributed by atoms with van der Waals surface area (Å²) in [6.45, 7) is 0.126. The molecule has 0 spiro atoms. The number of rotatable bonds is 4. The fourth-order valence-electron chi connectivity index (χ4n) is 1.18. The van der Waals surface area contributed by atoms with E-state index in [4.69, 9.17) is 10.6 Å². The van der Waals surface area contributed by atoms with E-state index >= 15 is 0 Å². The number of benzene rings is 1. The zero-order valence-electron chi connectivity index (χ0n) is 8.06.